The van der Waals surface area contributed by atoms with E-state index in [1.165, 1.54) is 0 Å². The largest absolute Gasteiger partial charge is 0.370 e. The van der Waals surface area contributed by atoms with E-state index in [2.05, 4.69) is 37.1 Å². The highest BCUT2D eigenvalue weighted by Gasteiger charge is 2.10. The zero-order valence-electron chi connectivity index (χ0n) is 9.76. The fraction of sp³-hybridized carbons (Fsp3) is 0.500. The lowest BCUT2D eigenvalue weighted by Gasteiger charge is -2.19. The predicted molar refractivity (Wildman–Crippen MR) is 61.6 cm³/mol. The highest BCUT2D eigenvalue weighted by molar-refractivity contribution is 5.44. The van der Waals surface area contributed by atoms with Crippen LogP contribution in [0.25, 0.3) is 0 Å². The van der Waals surface area contributed by atoms with Crippen molar-refractivity contribution < 1.29 is 0 Å². The smallest absolute Gasteiger partial charge is 0.127 e. The summed E-state index contributed by atoms with van der Waals surface area (Å²) in [7, 11) is 0. The summed E-state index contributed by atoms with van der Waals surface area (Å²) in [5.41, 5.74) is 1.72. The second kappa shape index (κ2) is 4.31. The highest BCUT2D eigenvalue weighted by Crippen LogP contribution is 2.15. The van der Waals surface area contributed by atoms with Crippen molar-refractivity contribution in [2.75, 3.05) is 11.9 Å². The number of aryl methyl sites for hydroxylation is 1. The topological polar surface area (TPSA) is 48.7 Å². The molecule has 0 radical (unpaired) electrons. The number of hydrogen-bond acceptors (Lipinski definition) is 3. The minimum absolute atomic E-state index is 0.207. The van der Waals surface area contributed by atoms with Gasteiger partial charge in [-0.05, 0) is 24.5 Å². The minimum Gasteiger partial charge on any atom is -0.370 e. The first kappa shape index (κ1) is 11.5. The molecule has 3 heteroatoms. The summed E-state index contributed by atoms with van der Waals surface area (Å²) in [4.78, 5) is 4.32. The molecule has 0 bridgehead atoms. The quantitative estimate of drug-likeness (QED) is 0.804. The molecule has 0 amide bonds. The number of rotatable bonds is 2. The van der Waals surface area contributed by atoms with E-state index in [4.69, 9.17) is 5.26 Å². The molecular weight excluding hydrogens is 186 g/mol. The SMILES string of the molecule is Cc1cc(C#N)cc(NCC(C)(C)C)n1. The highest BCUT2D eigenvalue weighted by atomic mass is 15.0. The Balaban J connectivity index is 2.78. The number of nitriles is 1. The lowest BCUT2D eigenvalue weighted by Crippen LogP contribution is -2.19. The Morgan fingerprint density at radius 1 is 1.40 bits per heavy atom. The summed E-state index contributed by atoms with van der Waals surface area (Å²) in [6.45, 7) is 9.19. The van der Waals surface area contributed by atoms with Gasteiger partial charge in [0.15, 0.2) is 0 Å². The zero-order valence-corrected chi connectivity index (χ0v) is 9.76. The van der Waals surface area contributed by atoms with Crippen LogP contribution in [0.15, 0.2) is 12.1 Å². The van der Waals surface area contributed by atoms with Crippen LogP contribution in [0, 0.1) is 23.7 Å². The van der Waals surface area contributed by atoms with Crippen molar-refractivity contribution in [1.29, 1.82) is 5.26 Å². The normalized spacial score (nSPS) is 10.9. The molecule has 0 aromatic carbocycles. The fourth-order valence-corrected chi connectivity index (χ4v) is 1.18. The van der Waals surface area contributed by atoms with Gasteiger partial charge in [0.2, 0.25) is 0 Å². The molecule has 0 aliphatic carbocycles. The molecule has 80 valence electrons. The van der Waals surface area contributed by atoms with Crippen LogP contribution >= 0.6 is 0 Å². The molecule has 0 spiro atoms. The van der Waals surface area contributed by atoms with Gasteiger partial charge in [-0.3, -0.25) is 0 Å². The lowest BCUT2D eigenvalue weighted by atomic mass is 9.97. The Hall–Kier alpha value is -1.56. The van der Waals surface area contributed by atoms with E-state index < -0.39 is 0 Å². The van der Waals surface area contributed by atoms with E-state index in [9.17, 15) is 0 Å². The second-order valence-corrected chi connectivity index (χ2v) is 4.91. The van der Waals surface area contributed by atoms with Crippen molar-refractivity contribution in [3.63, 3.8) is 0 Å². The molecule has 0 unspecified atom stereocenters. The Kier molecular flexibility index (Phi) is 3.31. The van der Waals surface area contributed by atoms with Crippen LogP contribution in [-0.2, 0) is 0 Å². The Morgan fingerprint density at radius 2 is 2.07 bits per heavy atom. The molecular formula is C12H17N3. The average Bonchev–Trinajstić information content (AvgIpc) is 2.13. The molecule has 0 saturated carbocycles. The average molecular weight is 203 g/mol. The van der Waals surface area contributed by atoms with Gasteiger partial charge in [0.05, 0.1) is 11.6 Å². The molecule has 15 heavy (non-hydrogen) atoms. The zero-order chi connectivity index (χ0) is 11.5. The van der Waals surface area contributed by atoms with Crippen molar-refractivity contribution in [3.8, 4) is 6.07 Å². The van der Waals surface area contributed by atoms with Crippen molar-refractivity contribution in [2.45, 2.75) is 27.7 Å². The van der Waals surface area contributed by atoms with Crippen molar-refractivity contribution in [1.82, 2.24) is 4.98 Å². The lowest BCUT2D eigenvalue weighted by molar-refractivity contribution is 0.442. The first-order valence-electron chi connectivity index (χ1n) is 5.03. The summed E-state index contributed by atoms with van der Waals surface area (Å²) in [6.07, 6.45) is 0. The van der Waals surface area contributed by atoms with Gasteiger partial charge in [-0.15, -0.1) is 0 Å². The monoisotopic (exact) mass is 203 g/mol. The molecule has 1 rings (SSSR count). The van der Waals surface area contributed by atoms with Gasteiger partial charge < -0.3 is 5.32 Å². The maximum absolute atomic E-state index is 8.81. The summed E-state index contributed by atoms with van der Waals surface area (Å²) >= 11 is 0. The van der Waals surface area contributed by atoms with Crippen LogP contribution in [-0.4, -0.2) is 11.5 Å². The summed E-state index contributed by atoms with van der Waals surface area (Å²) in [5, 5.41) is 12.0. The molecule has 1 aromatic rings. The summed E-state index contributed by atoms with van der Waals surface area (Å²) in [6, 6.07) is 5.68. The van der Waals surface area contributed by atoms with Gasteiger partial charge in [0.1, 0.15) is 5.82 Å². The molecule has 1 aromatic heterocycles. The standard InChI is InChI=1S/C12H17N3/c1-9-5-10(7-13)6-11(15-9)14-8-12(2,3)4/h5-6H,8H2,1-4H3,(H,14,15). The molecule has 1 heterocycles. The Labute approximate surface area is 91.1 Å². The number of nitrogens with one attached hydrogen (secondary N) is 1. The predicted octanol–water partition coefficient (Wildman–Crippen LogP) is 2.72. The maximum atomic E-state index is 8.81. The summed E-state index contributed by atoms with van der Waals surface area (Å²) in [5.74, 6) is 0.779. The number of nitrogens with zero attached hydrogens (tertiary/aromatic N) is 2. The van der Waals surface area contributed by atoms with Crippen LogP contribution in [0.2, 0.25) is 0 Å². The number of pyridine rings is 1. The van der Waals surface area contributed by atoms with Gasteiger partial charge >= 0.3 is 0 Å². The van der Waals surface area contributed by atoms with Crippen molar-refractivity contribution in [2.24, 2.45) is 5.41 Å². The Bertz CT molecular complexity index is 383. The third kappa shape index (κ3) is 3.99. The third-order valence-electron chi connectivity index (χ3n) is 1.88. The first-order valence-corrected chi connectivity index (χ1v) is 5.03. The van der Waals surface area contributed by atoms with Crippen molar-refractivity contribution in [3.05, 3.63) is 23.4 Å². The number of hydrogen-bond donors (Lipinski definition) is 1. The third-order valence-corrected chi connectivity index (χ3v) is 1.88. The molecule has 0 saturated heterocycles. The molecule has 0 aliphatic rings. The molecule has 0 aliphatic heterocycles. The molecule has 1 N–H and O–H groups in total. The van der Waals surface area contributed by atoms with Crippen LogP contribution in [0.5, 0.6) is 0 Å². The van der Waals surface area contributed by atoms with Gasteiger partial charge in [-0.25, -0.2) is 4.98 Å². The maximum Gasteiger partial charge on any atom is 0.127 e. The van der Waals surface area contributed by atoms with Crippen molar-refractivity contribution >= 4 is 5.82 Å². The summed E-state index contributed by atoms with van der Waals surface area (Å²) < 4.78 is 0. The van der Waals surface area contributed by atoms with E-state index in [-0.39, 0.29) is 5.41 Å². The first-order chi connectivity index (χ1) is 6.90. The van der Waals surface area contributed by atoms with Crippen LogP contribution < -0.4 is 5.32 Å². The molecule has 0 atom stereocenters. The Morgan fingerprint density at radius 3 is 2.60 bits per heavy atom. The van der Waals surface area contributed by atoms with E-state index >= 15 is 0 Å². The van der Waals surface area contributed by atoms with Gasteiger partial charge in [0, 0.05) is 12.2 Å². The number of anilines is 1. The van der Waals surface area contributed by atoms with Gasteiger partial charge in [-0.1, -0.05) is 20.8 Å². The van der Waals surface area contributed by atoms with E-state index in [1.54, 1.807) is 12.1 Å². The van der Waals surface area contributed by atoms with Gasteiger partial charge in [-0.2, -0.15) is 5.26 Å². The van der Waals surface area contributed by atoms with E-state index in [1.807, 2.05) is 6.92 Å². The van der Waals surface area contributed by atoms with Gasteiger partial charge in [0.25, 0.3) is 0 Å². The molecule has 0 fully saturated rings. The minimum atomic E-state index is 0.207. The number of aromatic nitrogens is 1. The van der Waals surface area contributed by atoms with Crippen LogP contribution in [0.3, 0.4) is 0 Å². The van der Waals surface area contributed by atoms with E-state index in [0.29, 0.717) is 5.56 Å². The molecule has 3 nitrogen and oxygen atoms in total. The van der Waals surface area contributed by atoms with Crippen LogP contribution in [0.1, 0.15) is 32.0 Å². The fourth-order valence-electron chi connectivity index (χ4n) is 1.18. The second-order valence-electron chi connectivity index (χ2n) is 4.91. The van der Waals surface area contributed by atoms with Crippen LogP contribution in [0.4, 0.5) is 5.82 Å². The van der Waals surface area contributed by atoms with E-state index in [0.717, 1.165) is 18.1 Å².